The highest BCUT2D eigenvalue weighted by Gasteiger charge is 2.22. The van der Waals surface area contributed by atoms with E-state index in [0.29, 0.717) is 11.5 Å². The molecule has 16 heteroatoms. The number of methoxy groups -OCH3 is 3. The molecular weight excluding hydrogens is 639 g/mol. The number of carboxylic acid groups (broad SMARTS) is 1. The smallest absolute Gasteiger partial charge is 0.341 e. The van der Waals surface area contributed by atoms with Crippen LogP contribution in [0.15, 0.2) is 72.8 Å². The average molecular weight is 661 g/mol. The Hall–Kier alpha value is -5.60. The molecule has 4 aromatic rings. The van der Waals surface area contributed by atoms with Gasteiger partial charge in [0.05, 0.1) is 31.2 Å². The Balaban J connectivity index is 0.000000246. The van der Waals surface area contributed by atoms with Gasteiger partial charge in [-0.25, -0.2) is 9.59 Å². The van der Waals surface area contributed by atoms with E-state index in [2.05, 4.69) is 4.74 Å². The van der Waals surface area contributed by atoms with E-state index in [1.54, 1.807) is 6.07 Å². The first-order valence-electron chi connectivity index (χ1n) is 12.3. The summed E-state index contributed by atoms with van der Waals surface area (Å²) in [6.45, 7) is 0. The standard InChI is InChI=1S/C15H12ClNO6.C14H10ClNO6/c1-21-10-4-6-13(11(8-10)15(18)22-2)23-14-7-9(16)3-5-12(14)17(19)20;1-21-9-3-5-12(10(7-9)14(17)18)22-13-6-8(15)2-4-11(13)16(19)20/h3-8H,1-2H3;2-7H,1H3,(H,17,18). The number of nitrogens with zero attached hydrogens (tertiary/aromatic N) is 2. The van der Waals surface area contributed by atoms with E-state index in [-0.39, 0.29) is 55.5 Å². The summed E-state index contributed by atoms with van der Waals surface area (Å²) in [5.41, 5.74) is -0.715. The number of carbonyl (C=O) groups is 2. The van der Waals surface area contributed by atoms with Crippen molar-refractivity contribution in [1.29, 1.82) is 0 Å². The number of nitro groups is 2. The Kier molecular flexibility index (Phi) is 11.5. The summed E-state index contributed by atoms with van der Waals surface area (Å²) in [5, 5.41) is 31.7. The predicted molar refractivity (Wildman–Crippen MR) is 161 cm³/mol. The molecule has 45 heavy (non-hydrogen) atoms. The first kappa shape index (κ1) is 33.9. The van der Waals surface area contributed by atoms with Gasteiger partial charge in [-0.15, -0.1) is 0 Å². The molecule has 234 valence electrons. The van der Waals surface area contributed by atoms with E-state index < -0.39 is 21.8 Å². The van der Waals surface area contributed by atoms with Crippen LogP contribution in [-0.2, 0) is 4.74 Å². The number of ether oxygens (including phenoxy) is 5. The molecule has 0 aromatic heterocycles. The topological polar surface area (TPSA) is 187 Å². The van der Waals surface area contributed by atoms with E-state index in [4.69, 9.17) is 42.1 Å². The molecule has 0 atom stereocenters. The van der Waals surface area contributed by atoms with E-state index in [1.807, 2.05) is 0 Å². The molecule has 0 heterocycles. The van der Waals surface area contributed by atoms with Gasteiger partial charge < -0.3 is 28.8 Å². The number of hydrogen-bond acceptors (Lipinski definition) is 11. The van der Waals surface area contributed by atoms with E-state index in [0.717, 1.165) is 0 Å². The van der Waals surface area contributed by atoms with Gasteiger partial charge in [-0.2, -0.15) is 0 Å². The highest BCUT2D eigenvalue weighted by Crippen LogP contribution is 2.37. The van der Waals surface area contributed by atoms with Crippen molar-refractivity contribution in [1.82, 2.24) is 0 Å². The lowest BCUT2D eigenvalue weighted by Gasteiger charge is -2.11. The number of esters is 1. The van der Waals surface area contributed by atoms with Crippen molar-refractivity contribution in [3.63, 3.8) is 0 Å². The summed E-state index contributed by atoms with van der Waals surface area (Å²) in [5.74, 6) is -1.38. The Labute approximate surface area is 264 Å². The lowest BCUT2D eigenvalue weighted by Crippen LogP contribution is -2.05. The van der Waals surface area contributed by atoms with Crippen LogP contribution in [0.4, 0.5) is 11.4 Å². The van der Waals surface area contributed by atoms with Gasteiger partial charge >= 0.3 is 23.3 Å². The second-order valence-electron chi connectivity index (χ2n) is 8.46. The molecule has 0 bridgehead atoms. The van der Waals surface area contributed by atoms with Crippen molar-refractivity contribution in [2.24, 2.45) is 0 Å². The second-order valence-corrected chi connectivity index (χ2v) is 9.34. The summed E-state index contributed by atoms with van der Waals surface area (Å²) >= 11 is 11.6. The molecule has 0 fully saturated rings. The lowest BCUT2D eigenvalue weighted by atomic mass is 10.2. The van der Waals surface area contributed by atoms with Gasteiger partial charge in [0.25, 0.3) is 0 Å². The summed E-state index contributed by atoms with van der Waals surface area (Å²) < 4.78 is 25.6. The summed E-state index contributed by atoms with van der Waals surface area (Å²) in [7, 11) is 4.05. The fraction of sp³-hybridized carbons (Fsp3) is 0.103. The van der Waals surface area contributed by atoms with Crippen molar-refractivity contribution < 1.29 is 48.2 Å². The quantitative estimate of drug-likeness (QED) is 0.0998. The van der Waals surface area contributed by atoms with E-state index in [1.165, 1.54) is 88.1 Å². The third kappa shape index (κ3) is 8.72. The molecule has 4 aromatic carbocycles. The Bertz CT molecular complexity index is 1760. The number of benzene rings is 4. The first-order valence-corrected chi connectivity index (χ1v) is 13.0. The van der Waals surface area contributed by atoms with Gasteiger partial charge in [0.2, 0.25) is 11.5 Å². The van der Waals surface area contributed by atoms with Gasteiger partial charge in [0.1, 0.15) is 34.1 Å². The minimum Gasteiger partial charge on any atom is -0.497 e. The molecule has 0 aliphatic carbocycles. The van der Waals surface area contributed by atoms with Crippen LogP contribution in [0, 0.1) is 20.2 Å². The summed E-state index contributed by atoms with van der Waals surface area (Å²) in [6.07, 6.45) is 0. The first-order chi connectivity index (χ1) is 21.4. The highest BCUT2D eigenvalue weighted by atomic mass is 35.5. The third-order valence-electron chi connectivity index (χ3n) is 5.69. The van der Waals surface area contributed by atoms with Gasteiger partial charge in [-0.1, -0.05) is 23.2 Å². The number of carboxylic acids is 1. The maximum atomic E-state index is 11.9. The van der Waals surface area contributed by atoms with Crippen molar-refractivity contribution in [2.75, 3.05) is 21.3 Å². The molecule has 0 unspecified atom stereocenters. The number of halogens is 2. The van der Waals surface area contributed by atoms with Crippen molar-refractivity contribution in [3.05, 3.63) is 114 Å². The molecule has 0 amide bonds. The van der Waals surface area contributed by atoms with E-state index in [9.17, 15) is 34.9 Å². The minimum atomic E-state index is -1.25. The predicted octanol–water partition coefficient (Wildman–Crippen LogP) is 7.58. The monoisotopic (exact) mass is 660 g/mol. The van der Waals surface area contributed by atoms with Crippen LogP contribution in [0.2, 0.25) is 10.0 Å². The molecule has 0 saturated heterocycles. The van der Waals surface area contributed by atoms with Crippen molar-refractivity contribution >= 4 is 46.5 Å². The minimum absolute atomic E-state index is 0.0568. The molecule has 0 saturated carbocycles. The normalized spacial score (nSPS) is 10.1. The van der Waals surface area contributed by atoms with Crippen LogP contribution in [0.3, 0.4) is 0 Å². The fourth-order valence-electron chi connectivity index (χ4n) is 3.56. The number of rotatable bonds is 10. The third-order valence-corrected chi connectivity index (χ3v) is 6.16. The van der Waals surface area contributed by atoms with Crippen molar-refractivity contribution in [3.8, 4) is 34.5 Å². The SMILES string of the molecule is COC(=O)c1cc(OC)ccc1Oc1cc(Cl)ccc1[N+](=O)[O-].COc1ccc(Oc2cc(Cl)ccc2[N+](=O)[O-])c(C(=O)O)c1. The van der Waals surface area contributed by atoms with Crippen molar-refractivity contribution in [2.45, 2.75) is 0 Å². The largest absolute Gasteiger partial charge is 0.497 e. The Morgan fingerprint density at radius 1 is 0.644 bits per heavy atom. The van der Waals surface area contributed by atoms with Crippen LogP contribution in [-0.4, -0.2) is 48.2 Å². The molecule has 0 radical (unpaired) electrons. The Morgan fingerprint density at radius 3 is 1.44 bits per heavy atom. The maximum Gasteiger partial charge on any atom is 0.341 e. The number of hydrogen-bond donors (Lipinski definition) is 1. The summed E-state index contributed by atoms with van der Waals surface area (Å²) in [6, 6.07) is 16.2. The zero-order valence-electron chi connectivity index (χ0n) is 23.5. The fourth-order valence-corrected chi connectivity index (χ4v) is 3.89. The molecule has 0 aliphatic rings. The molecule has 14 nitrogen and oxygen atoms in total. The van der Waals surface area contributed by atoms with Crippen LogP contribution in [0.1, 0.15) is 20.7 Å². The molecule has 1 N–H and O–H groups in total. The van der Waals surface area contributed by atoms with Crippen LogP contribution in [0.5, 0.6) is 34.5 Å². The van der Waals surface area contributed by atoms with Gasteiger partial charge in [-0.05, 0) is 48.5 Å². The van der Waals surface area contributed by atoms with Gasteiger partial charge in [-0.3, -0.25) is 20.2 Å². The number of nitro benzene ring substituents is 2. The summed E-state index contributed by atoms with van der Waals surface area (Å²) in [4.78, 5) is 43.9. The van der Waals surface area contributed by atoms with Gasteiger partial charge in [0, 0.05) is 34.3 Å². The number of carbonyl (C=O) groups excluding carboxylic acids is 1. The average Bonchev–Trinajstić information content (AvgIpc) is 3.01. The maximum absolute atomic E-state index is 11.9. The van der Waals surface area contributed by atoms with Crippen LogP contribution >= 0.6 is 23.2 Å². The van der Waals surface area contributed by atoms with Crippen LogP contribution in [0.25, 0.3) is 0 Å². The van der Waals surface area contributed by atoms with Crippen LogP contribution < -0.4 is 18.9 Å². The van der Waals surface area contributed by atoms with E-state index >= 15 is 0 Å². The lowest BCUT2D eigenvalue weighted by molar-refractivity contribution is -0.385. The zero-order chi connectivity index (χ0) is 33.3. The van der Waals surface area contributed by atoms with Gasteiger partial charge in [0.15, 0.2) is 0 Å². The Morgan fingerprint density at radius 2 is 1.07 bits per heavy atom. The second kappa shape index (κ2) is 15.2. The highest BCUT2D eigenvalue weighted by molar-refractivity contribution is 6.31. The molecule has 0 spiro atoms. The number of aromatic carboxylic acids is 1. The molecular formula is C29H22Cl2N2O12. The zero-order valence-corrected chi connectivity index (χ0v) is 25.0. The molecule has 0 aliphatic heterocycles. The molecule has 4 rings (SSSR count).